The van der Waals surface area contributed by atoms with Gasteiger partial charge in [0.2, 0.25) is 0 Å². The van der Waals surface area contributed by atoms with Gasteiger partial charge in [0.05, 0.1) is 29.7 Å². The SMILES string of the molecule is Cn1ncc(NC(O)c2csc(-c3c(F)cccc3F)n2)c1[C@@H]1CC[C@@H](N)[C@@H](F)CO1. The second kappa shape index (κ2) is 8.95. The van der Waals surface area contributed by atoms with E-state index in [-0.39, 0.29) is 22.9 Å². The largest absolute Gasteiger partial charge is 0.369 e. The number of anilines is 1. The summed E-state index contributed by atoms with van der Waals surface area (Å²) in [6.45, 7) is -0.122. The van der Waals surface area contributed by atoms with Gasteiger partial charge in [0.1, 0.15) is 34.6 Å². The molecule has 1 aliphatic rings. The fourth-order valence-electron chi connectivity index (χ4n) is 3.55. The molecule has 4 N–H and O–H groups in total. The molecule has 166 valence electrons. The van der Waals surface area contributed by atoms with Crippen molar-refractivity contribution in [2.75, 3.05) is 11.9 Å². The van der Waals surface area contributed by atoms with E-state index >= 15 is 0 Å². The van der Waals surface area contributed by atoms with Crippen LogP contribution >= 0.6 is 11.3 Å². The zero-order valence-corrected chi connectivity index (χ0v) is 17.5. The van der Waals surface area contributed by atoms with Crippen LogP contribution in [0.15, 0.2) is 29.8 Å². The second-order valence-electron chi connectivity index (χ2n) is 7.37. The van der Waals surface area contributed by atoms with Crippen LogP contribution in [0.2, 0.25) is 0 Å². The van der Waals surface area contributed by atoms with Crippen LogP contribution in [0.25, 0.3) is 10.6 Å². The predicted octanol–water partition coefficient (Wildman–Crippen LogP) is 3.44. The van der Waals surface area contributed by atoms with Gasteiger partial charge >= 0.3 is 0 Å². The molecule has 7 nitrogen and oxygen atoms in total. The Morgan fingerprint density at radius 1 is 1.32 bits per heavy atom. The van der Waals surface area contributed by atoms with Crippen LogP contribution in [0, 0.1) is 11.6 Å². The number of aliphatic hydroxyl groups is 1. The number of nitrogens with two attached hydrogens (primary N) is 1. The van der Waals surface area contributed by atoms with E-state index in [0.29, 0.717) is 24.2 Å². The van der Waals surface area contributed by atoms with Crippen LogP contribution in [0.5, 0.6) is 0 Å². The van der Waals surface area contributed by atoms with Gasteiger partial charge in [-0.2, -0.15) is 5.10 Å². The summed E-state index contributed by atoms with van der Waals surface area (Å²) in [4.78, 5) is 4.18. The number of nitrogens with zero attached hydrogens (tertiary/aromatic N) is 3. The molecular formula is C20H22F3N5O2S. The molecular weight excluding hydrogens is 431 g/mol. The van der Waals surface area contributed by atoms with Crippen molar-refractivity contribution < 1.29 is 23.0 Å². The number of hydrogen-bond donors (Lipinski definition) is 3. The molecule has 3 aromatic rings. The molecule has 0 aliphatic carbocycles. The second-order valence-corrected chi connectivity index (χ2v) is 8.23. The van der Waals surface area contributed by atoms with Gasteiger partial charge in [0, 0.05) is 18.5 Å². The minimum atomic E-state index is -1.26. The van der Waals surface area contributed by atoms with Crippen molar-refractivity contribution in [3.8, 4) is 10.6 Å². The maximum Gasteiger partial charge on any atom is 0.169 e. The zero-order chi connectivity index (χ0) is 22.1. The number of halogens is 3. The Morgan fingerprint density at radius 3 is 2.81 bits per heavy atom. The summed E-state index contributed by atoms with van der Waals surface area (Å²) in [6, 6.07) is 2.98. The van der Waals surface area contributed by atoms with Gasteiger partial charge < -0.3 is 20.9 Å². The van der Waals surface area contributed by atoms with Gasteiger partial charge in [-0.25, -0.2) is 18.2 Å². The first kappa shape index (κ1) is 21.8. The molecule has 1 aliphatic heterocycles. The average molecular weight is 453 g/mol. The van der Waals surface area contributed by atoms with Crippen LogP contribution in [-0.4, -0.2) is 38.7 Å². The lowest BCUT2D eigenvalue weighted by Gasteiger charge is -2.19. The maximum absolute atomic E-state index is 14.0. The molecule has 2 aromatic heterocycles. The molecule has 0 spiro atoms. The Kier molecular flexibility index (Phi) is 6.28. The molecule has 11 heteroatoms. The number of rotatable bonds is 5. The average Bonchev–Trinajstić information content (AvgIpc) is 3.31. The Labute approximate surface area is 180 Å². The molecule has 4 rings (SSSR count). The van der Waals surface area contributed by atoms with Gasteiger partial charge in [-0.15, -0.1) is 11.3 Å². The van der Waals surface area contributed by atoms with Crippen LogP contribution < -0.4 is 11.1 Å². The Bertz CT molecular complexity index is 1030. The molecule has 0 amide bonds. The molecule has 1 fully saturated rings. The first-order valence-electron chi connectivity index (χ1n) is 9.72. The monoisotopic (exact) mass is 453 g/mol. The minimum Gasteiger partial charge on any atom is -0.369 e. The summed E-state index contributed by atoms with van der Waals surface area (Å²) in [5.74, 6) is -1.46. The van der Waals surface area contributed by atoms with Crippen LogP contribution in [0.4, 0.5) is 18.9 Å². The molecule has 1 saturated heterocycles. The fourth-order valence-corrected chi connectivity index (χ4v) is 4.43. The number of thiazole rings is 1. The van der Waals surface area contributed by atoms with Gasteiger partial charge in [0.25, 0.3) is 0 Å². The molecule has 3 heterocycles. The number of benzene rings is 1. The molecule has 0 bridgehead atoms. The van der Waals surface area contributed by atoms with Crippen LogP contribution in [0.1, 0.15) is 36.6 Å². The van der Waals surface area contributed by atoms with E-state index in [1.807, 2.05) is 0 Å². The van der Waals surface area contributed by atoms with E-state index in [0.717, 1.165) is 23.5 Å². The van der Waals surface area contributed by atoms with Gasteiger partial charge in [0.15, 0.2) is 6.23 Å². The highest BCUT2D eigenvalue weighted by atomic mass is 32.1. The topological polar surface area (TPSA) is 98.2 Å². The Morgan fingerprint density at radius 2 is 2.06 bits per heavy atom. The number of aromatic nitrogens is 3. The Hall–Kier alpha value is -2.47. The van der Waals surface area contributed by atoms with Crippen LogP contribution in [0.3, 0.4) is 0 Å². The number of alkyl halides is 1. The third-order valence-corrected chi connectivity index (χ3v) is 6.12. The maximum atomic E-state index is 14.0. The third-order valence-electron chi connectivity index (χ3n) is 5.24. The van der Waals surface area contributed by atoms with Crippen LogP contribution in [-0.2, 0) is 11.8 Å². The van der Waals surface area contributed by atoms with E-state index < -0.39 is 36.2 Å². The summed E-state index contributed by atoms with van der Waals surface area (Å²) < 4.78 is 49.2. The van der Waals surface area contributed by atoms with E-state index in [9.17, 15) is 18.3 Å². The summed E-state index contributed by atoms with van der Waals surface area (Å²) in [5.41, 5.74) is 6.88. The van der Waals surface area contributed by atoms with Crippen molar-refractivity contribution >= 4 is 17.0 Å². The van der Waals surface area contributed by atoms with Crippen molar-refractivity contribution in [3.05, 3.63) is 52.8 Å². The quantitative estimate of drug-likeness (QED) is 0.512. The lowest BCUT2D eigenvalue weighted by atomic mass is 10.0. The van der Waals surface area contributed by atoms with Gasteiger partial charge in [-0.1, -0.05) is 6.07 Å². The highest BCUT2D eigenvalue weighted by Gasteiger charge is 2.30. The summed E-state index contributed by atoms with van der Waals surface area (Å²) in [7, 11) is 1.72. The number of hydrogen-bond acceptors (Lipinski definition) is 7. The van der Waals surface area contributed by atoms with Gasteiger partial charge in [-0.3, -0.25) is 4.68 Å². The highest BCUT2D eigenvalue weighted by Crippen LogP contribution is 2.35. The van der Waals surface area contributed by atoms with E-state index in [1.165, 1.54) is 17.6 Å². The molecule has 4 atom stereocenters. The van der Waals surface area contributed by atoms with Crippen molar-refractivity contribution in [2.45, 2.75) is 37.4 Å². The number of aliphatic hydroxyl groups excluding tert-OH is 1. The number of nitrogens with one attached hydrogen (secondary N) is 1. The number of ether oxygens (including phenoxy) is 1. The third kappa shape index (κ3) is 4.45. The summed E-state index contributed by atoms with van der Waals surface area (Å²) in [5, 5.41) is 19.4. The van der Waals surface area contributed by atoms with Crippen molar-refractivity contribution in [3.63, 3.8) is 0 Å². The number of aryl methyl sites for hydroxylation is 1. The fraction of sp³-hybridized carbons (Fsp3) is 0.400. The van der Waals surface area contributed by atoms with E-state index in [2.05, 4.69) is 15.4 Å². The van der Waals surface area contributed by atoms with Crippen molar-refractivity contribution in [1.29, 1.82) is 0 Å². The van der Waals surface area contributed by atoms with Crippen molar-refractivity contribution in [2.24, 2.45) is 12.8 Å². The summed E-state index contributed by atoms with van der Waals surface area (Å²) >= 11 is 1.02. The first-order chi connectivity index (χ1) is 14.8. The van der Waals surface area contributed by atoms with E-state index in [4.69, 9.17) is 10.5 Å². The molecule has 1 unspecified atom stereocenters. The standard InChI is InChI=1S/C20H22F3N5O2S/c1-28-18(16-6-5-13(24)12(23)8-30-16)14(7-25-28)26-19(29)15-9-31-20(27-15)17-10(21)3-2-4-11(17)22/h2-4,7,9,12-13,16,19,26,29H,5-6,8,24H2,1H3/t12-,13+,16-,19?/m0/s1. The molecule has 31 heavy (non-hydrogen) atoms. The zero-order valence-electron chi connectivity index (χ0n) is 16.6. The normalized spacial score (nSPS) is 22.8. The summed E-state index contributed by atoms with van der Waals surface area (Å²) in [6.07, 6.45) is -0.490. The van der Waals surface area contributed by atoms with Gasteiger partial charge in [-0.05, 0) is 25.0 Å². The van der Waals surface area contributed by atoms with E-state index in [1.54, 1.807) is 11.7 Å². The molecule has 1 aromatic carbocycles. The Balaban J connectivity index is 1.54. The first-order valence-corrected chi connectivity index (χ1v) is 10.6. The smallest absolute Gasteiger partial charge is 0.169 e. The molecule has 0 saturated carbocycles. The van der Waals surface area contributed by atoms with Crippen molar-refractivity contribution in [1.82, 2.24) is 14.8 Å². The highest BCUT2D eigenvalue weighted by molar-refractivity contribution is 7.13. The minimum absolute atomic E-state index is 0.118. The lowest BCUT2D eigenvalue weighted by molar-refractivity contribution is 0.0246. The molecule has 0 radical (unpaired) electrons. The lowest BCUT2D eigenvalue weighted by Crippen LogP contribution is -2.32. The predicted molar refractivity (Wildman–Crippen MR) is 110 cm³/mol.